The lowest BCUT2D eigenvalue weighted by atomic mass is 10.1. The molecule has 2 heterocycles. The predicted molar refractivity (Wildman–Crippen MR) is 78.3 cm³/mol. The number of anilines is 1. The van der Waals surface area contributed by atoms with Gasteiger partial charge in [0.2, 0.25) is 11.3 Å². The molecule has 0 aliphatic carbocycles. The van der Waals surface area contributed by atoms with E-state index in [9.17, 15) is 9.59 Å². The van der Waals surface area contributed by atoms with E-state index in [0.29, 0.717) is 11.0 Å². The number of nitrogens with one attached hydrogen (secondary N) is 2. The van der Waals surface area contributed by atoms with Crippen molar-refractivity contribution in [2.45, 2.75) is 0 Å². The molecule has 0 unspecified atom stereocenters. The molecule has 20 heavy (non-hydrogen) atoms. The second kappa shape index (κ2) is 4.53. The summed E-state index contributed by atoms with van der Waals surface area (Å²) < 4.78 is 5.38. The van der Waals surface area contributed by atoms with Crippen molar-refractivity contribution >= 4 is 45.8 Å². The van der Waals surface area contributed by atoms with E-state index >= 15 is 0 Å². The van der Waals surface area contributed by atoms with Gasteiger partial charge in [0.25, 0.3) is 5.91 Å². The highest BCUT2D eigenvalue weighted by molar-refractivity contribution is 8.18. The lowest BCUT2D eigenvalue weighted by Gasteiger charge is -2.02. The largest absolute Gasteiger partial charge is 0.440 e. The maximum atomic E-state index is 12.3. The fourth-order valence-corrected chi connectivity index (χ4v) is 2.57. The summed E-state index contributed by atoms with van der Waals surface area (Å²) in [7, 11) is 0. The van der Waals surface area contributed by atoms with Crippen LogP contribution in [0.2, 0.25) is 0 Å². The van der Waals surface area contributed by atoms with Crippen LogP contribution in [0, 0.1) is 5.41 Å². The molecule has 1 amide bonds. The molecule has 6 nitrogen and oxygen atoms in total. The molecule has 0 saturated carbocycles. The number of thioether (sulfide) groups is 1. The van der Waals surface area contributed by atoms with Crippen molar-refractivity contribution in [1.82, 2.24) is 5.32 Å². The Morgan fingerprint density at radius 1 is 1.30 bits per heavy atom. The third-order valence-electron chi connectivity index (χ3n) is 2.80. The number of benzene rings is 1. The van der Waals surface area contributed by atoms with Gasteiger partial charge < -0.3 is 15.5 Å². The number of amidine groups is 1. The van der Waals surface area contributed by atoms with Crippen molar-refractivity contribution in [2.24, 2.45) is 0 Å². The molecule has 4 N–H and O–H groups in total. The van der Waals surface area contributed by atoms with Crippen LogP contribution in [0.5, 0.6) is 0 Å². The molecule has 0 atom stereocenters. The van der Waals surface area contributed by atoms with Gasteiger partial charge in [-0.1, -0.05) is 12.1 Å². The minimum Gasteiger partial charge on any atom is -0.440 e. The molecule has 1 saturated heterocycles. The van der Waals surface area contributed by atoms with E-state index in [4.69, 9.17) is 15.6 Å². The van der Waals surface area contributed by atoms with Crippen LogP contribution in [-0.4, -0.2) is 11.1 Å². The van der Waals surface area contributed by atoms with E-state index in [0.717, 1.165) is 11.8 Å². The van der Waals surface area contributed by atoms with Crippen LogP contribution in [0.25, 0.3) is 17.0 Å². The molecule has 1 aromatic heterocycles. The minimum atomic E-state index is -0.424. The summed E-state index contributed by atoms with van der Waals surface area (Å²) in [6, 6.07) is 6.74. The third kappa shape index (κ3) is 1.97. The van der Waals surface area contributed by atoms with Gasteiger partial charge in [0, 0.05) is 0 Å². The quantitative estimate of drug-likeness (QED) is 0.689. The van der Waals surface area contributed by atoms with Crippen molar-refractivity contribution in [1.29, 1.82) is 5.41 Å². The average Bonchev–Trinajstić information content (AvgIpc) is 2.73. The highest BCUT2D eigenvalue weighted by Crippen LogP contribution is 2.26. The van der Waals surface area contributed by atoms with Crippen LogP contribution in [0.15, 0.2) is 38.4 Å². The van der Waals surface area contributed by atoms with Crippen LogP contribution < -0.4 is 16.5 Å². The number of carbonyl (C=O) groups is 1. The molecule has 1 aliphatic heterocycles. The summed E-state index contributed by atoms with van der Waals surface area (Å²) in [4.78, 5) is 24.1. The van der Waals surface area contributed by atoms with Crippen LogP contribution >= 0.6 is 11.8 Å². The molecule has 1 aliphatic rings. The Hall–Kier alpha value is -2.54. The molecule has 7 heteroatoms. The number of hydrogen-bond acceptors (Lipinski definition) is 6. The Balaban J connectivity index is 2.22. The fourth-order valence-electron chi connectivity index (χ4n) is 1.88. The number of para-hydroxylation sites is 1. The lowest BCUT2D eigenvalue weighted by Crippen LogP contribution is -2.18. The van der Waals surface area contributed by atoms with Crippen LogP contribution in [-0.2, 0) is 4.79 Å². The number of rotatable bonds is 1. The fraction of sp³-hybridized carbons (Fsp3) is 0. The van der Waals surface area contributed by atoms with Gasteiger partial charge in [-0.15, -0.1) is 0 Å². The summed E-state index contributed by atoms with van der Waals surface area (Å²) in [5.41, 5.74) is 5.96. The predicted octanol–water partition coefficient (Wildman–Crippen LogP) is 1.51. The molecule has 1 fully saturated rings. The van der Waals surface area contributed by atoms with Gasteiger partial charge in [-0.05, 0) is 30.0 Å². The van der Waals surface area contributed by atoms with Crippen molar-refractivity contribution in [3.63, 3.8) is 0 Å². The lowest BCUT2D eigenvalue weighted by molar-refractivity contribution is -0.115. The zero-order valence-corrected chi connectivity index (χ0v) is 10.9. The summed E-state index contributed by atoms with van der Waals surface area (Å²) in [6.07, 6.45) is 1.36. The number of fused-ring (bicyclic) bond motifs is 1. The Morgan fingerprint density at radius 3 is 2.75 bits per heavy atom. The molecule has 2 aromatic rings. The van der Waals surface area contributed by atoms with Crippen LogP contribution in [0.1, 0.15) is 5.56 Å². The molecule has 0 spiro atoms. The monoisotopic (exact) mass is 287 g/mol. The second-order valence-electron chi connectivity index (χ2n) is 4.10. The van der Waals surface area contributed by atoms with Gasteiger partial charge in [0.1, 0.15) is 5.58 Å². The van der Waals surface area contributed by atoms with Crippen molar-refractivity contribution in [3.8, 4) is 0 Å². The molecular formula is C13H9N3O3S. The van der Waals surface area contributed by atoms with E-state index in [-0.39, 0.29) is 26.9 Å². The molecular weight excluding hydrogens is 278 g/mol. The first-order chi connectivity index (χ1) is 9.56. The van der Waals surface area contributed by atoms with E-state index in [1.807, 2.05) is 0 Å². The first-order valence-electron chi connectivity index (χ1n) is 5.67. The molecule has 1 aromatic carbocycles. The summed E-state index contributed by atoms with van der Waals surface area (Å²) >= 11 is 0.939. The number of nitrogens with two attached hydrogens (primary N) is 1. The number of carbonyl (C=O) groups excluding carboxylic acids is 1. The maximum absolute atomic E-state index is 12.3. The van der Waals surface area contributed by atoms with Crippen LogP contribution in [0.4, 0.5) is 5.88 Å². The molecule has 3 rings (SSSR count). The Bertz CT molecular complexity index is 838. The highest BCUT2D eigenvalue weighted by atomic mass is 32.2. The van der Waals surface area contributed by atoms with E-state index in [2.05, 4.69) is 5.32 Å². The minimum absolute atomic E-state index is 0.0185. The van der Waals surface area contributed by atoms with Crippen molar-refractivity contribution in [3.05, 3.63) is 45.0 Å². The standard InChI is InChI=1S/C13H9N3O3S/c14-11-7(5-9-12(18)16-13(15)20-9)10(17)6-3-1-2-4-8(6)19-11/h1-5H,14H2,(H2,15,16,18)/b9-5+. The van der Waals surface area contributed by atoms with Crippen LogP contribution in [0.3, 0.4) is 0 Å². The number of hydrogen-bond donors (Lipinski definition) is 3. The van der Waals surface area contributed by atoms with Gasteiger partial charge in [-0.25, -0.2) is 0 Å². The zero-order chi connectivity index (χ0) is 14.3. The Morgan fingerprint density at radius 2 is 2.05 bits per heavy atom. The van der Waals surface area contributed by atoms with Crippen molar-refractivity contribution < 1.29 is 9.21 Å². The first kappa shape index (κ1) is 12.5. The summed E-state index contributed by atoms with van der Waals surface area (Å²) in [6.45, 7) is 0. The Labute approximate surface area is 117 Å². The molecule has 100 valence electrons. The van der Waals surface area contributed by atoms with E-state index < -0.39 is 5.91 Å². The first-order valence-corrected chi connectivity index (χ1v) is 6.48. The molecule has 0 radical (unpaired) electrons. The average molecular weight is 287 g/mol. The van der Waals surface area contributed by atoms with Gasteiger partial charge in [-0.2, -0.15) is 0 Å². The SMILES string of the molecule is N=C1NC(=O)/C(=C\c2c(N)oc3ccccc3c2=O)S1. The number of amides is 1. The number of nitrogen functional groups attached to an aromatic ring is 1. The normalized spacial score (nSPS) is 16.9. The summed E-state index contributed by atoms with van der Waals surface area (Å²) in [5.74, 6) is -0.472. The maximum Gasteiger partial charge on any atom is 0.264 e. The topological polar surface area (TPSA) is 109 Å². The zero-order valence-electron chi connectivity index (χ0n) is 10.1. The van der Waals surface area contributed by atoms with Gasteiger partial charge in [-0.3, -0.25) is 15.0 Å². The van der Waals surface area contributed by atoms with Gasteiger partial charge in [0.15, 0.2) is 5.17 Å². The Kier molecular flexibility index (Phi) is 2.83. The summed E-state index contributed by atoms with van der Waals surface area (Å²) in [5, 5.41) is 10.1. The van der Waals surface area contributed by atoms with E-state index in [1.165, 1.54) is 6.08 Å². The highest BCUT2D eigenvalue weighted by Gasteiger charge is 2.23. The van der Waals surface area contributed by atoms with Gasteiger partial charge >= 0.3 is 0 Å². The second-order valence-corrected chi connectivity index (χ2v) is 5.15. The van der Waals surface area contributed by atoms with E-state index in [1.54, 1.807) is 24.3 Å². The van der Waals surface area contributed by atoms with Gasteiger partial charge in [0.05, 0.1) is 15.9 Å². The molecule has 0 bridgehead atoms. The van der Waals surface area contributed by atoms with Crippen molar-refractivity contribution in [2.75, 3.05) is 5.73 Å². The third-order valence-corrected chi connectivity index (χ3v) is 3.63. The smallest absolute Gasteiger partial charge is 0.264 e.